The molecule has 2 aliphatic heterocycles. The summed E-state index contributed by atoms with van der Waals surface area (Å²) >= 11 is 0. The Kier molecular flexibility index (Phi) is 4.45. The molecule has 134 valence electrons. The Morgan fingerprint density at radius 2 is 1.65 bits per heavy atom. The van der Waals surface area contributed by atoms with Gasteiger partial charge in [0, 0.05) is 43.3 Å². The topological polar surface area (TPSA) is 53.5 Å². The molecule has 5 nitrogen and oxygen atoms in total. The minimum atomic E-state index is -0.449. The molecular weight excluding hydrogens is 326 g/mol. The molecule has 4 rings (SSSR count). The number of piperidine rings is 2. The van der Waals surface area contributed by atoms with Crippen molar-refractivity contribution in [3.05, 3.63) is 60.4 Å². The van der Waals surface area contributed by atoms with E-state index in [1.807, 2.05) is 40.1 Å². The van der Waals surface area contributed by atoms with Gasteiger partial charge in [0.05, 0.1) is 5.41 Å². The van der Waals surface area contributed by atoms with Crippen LogP contribution < -0.4 is 4.90 Å². The number of amides is 2. The van der Waals surface area contributed by atoms with Crippen LogP contribution in [0.4, 0.5) is 5.69 Å². The molecule has 26 heavy (non-hydrogen) atoms. The highest BCUT2D eigenvalue weighted by atomic mass is 16.2. The SMILES string of the molecule is O=C(c1ccncc1)N1CCCC2(CCCN(c3ccccc3)C2=O)C1. The van der Waals surface area contributed by atoms with Gasteiger partial charge in [0.2, 0.25) is 5.91 Å². The summed E-state index contributed by atoms with van der Waals surface area (Å²) in [6.45, 7) is 1.97. The first kappa shape index (κ1) is 16.8. The van der Waals surface area contributed by atoms with Gasteiger partial charge in [-0.1, -0.05) is 18.2 Å². The number of para-hydroxylation sites is 1. The van der Waals surface area contributed by atoms with E-state index in [0.29, 0.717) is 18.7 Å². The molecule has 5 heteroatoms. The number of carbonyl (C=O) groups is 2. The molecule has 0 saturated carbocycles. The van der Waals surface area contributed by atoms with Crippen LogP contribution in [0.2, 0.25) is 0 Å². The van der Waals surface area contributed by atoms with E-state index in [1.165, 1.54) is 0 Å². The van der Waals surface area contributed by atoms with Crippen LogP contribution in [0, 0.1) is 5.41 Å². The first-order chi connectivity index (χ1) is 12.7. The van der Waals surface area contributed by atoms with Crippen LogP contribution in [0.1, 0.15) is 36.0 Å². The lowest BCUT2D eigenvalue weighted by Gasteiger charge is -2.47. The van der Waals surface area contributed by atoms with Gasteiger partial charge in [-0.05, 0) is 49.9 Å². The Morgan fingerprint density at radius 1 is 0.962 bits per heavy atom. The van der Waals surface area contributed by atoms with E-state index in [1.54, 1.807) is 24.5 Å². The van der Waals surface area contributed by atoms with E-state index < -0.39 is 5.41 Å². The van der Waals surface area contributed by atoms with Gasteiger partial charge in [-0.2, -0.15) is 0 Å². The number of anilines is 1. The summed E-state index contributed by atoms with van der Waals surface area (Å²) < 4.78 is 0. The van der Waals surface area contributed by atoms with Gasteiger partial charge in [0.1, 0.15) is 0 Å². The molecule has 1 unspecified atom stereocenters. The lowest BCUT2D eigenvalue weighted by molar-refractivity contribution is -0.133. The van der Waals surface area contributed by atoms with Gasteiger partial charge in [0.25, 0.3) is 5.91 Å². The summed E-state index contributed by atoms with van der Waals surface area (Å²) in [6.07, 6.45) is 6.82. The number of aromatic nitrogens is 1. The van der Waals surface area contributed by atoms with Crippen LogP contribution in [-0.2, 0) is 4.79 Å². The predicted octanol–water partition coefficient (Wildman–Crippen LogP) is 3.13. The summed E-state index contributed by atoms with van der Waals surface area (Å²) in [7, 11) is 0. The van der Waals surface area contributed by atoms with Crippen molar-refractivity contribution >= 4 is 17.5 Å². The molecule has 1 spiro atoms. The third-order valence-corrected chi connectivity index (χ3v) is 5.60. The van der Waals surface area contributed by atoms with Gasteiger partial charge >= 0.3 is 0 Å². The normalized spacial score (nSPS) is 23.3. The van der Waals surface area contributed by atoms with Crippen LogP contribution in [0.25, 0.3) is 0 Å². The number of carbonyl (C=O) groups excluding carboxylic acids is 2. The molecule has 0 radical (unpaired) electrons. The van der Waals surface area contributed by atoms with Crippen LogP contribution in [0.3, 0.4) is 0 Å². The fraction of sp³-hybridized carbons (Fsp3) is 0.381. The third kappa shape index (κ3) is 2.98. The number of rotatable bonds is 2. The molecule has 0 bridgehead atoms. The zero-order valence-electron chi connectivity index (χ0n) is 14.8. The molecule has 2 saturated heterocycles. The average Bonchev–Trinajstić information content (AvgIpc) is 2.71. The zero-order chi connectivity index (χ0) is 18.0. The largest absolute Gasteiger partial charge is 0.338 e. The maximum Gasteiger partial charge on any atom is 0.253 e. The highest BCUT2D eigenvalue weighted by Crippen LogP contribution is 2.41. The lowest BCUT2D eigenvalue weighted by atomic mass is 9.72. The lowest BCUT2D eigenvalue weighted by Crippen LogP contribution is -2.57. The van der Waals surface area contributed by atoms with Crippen molar-refractivity contribution in [3.63, 3.8) is 0 Å². The number of nitrogens with zero attached hydrogens (tertiary/aromatic N) is 3. The summed E-state index contributed by atoms with van der Waals surface area (Å²) in [5.41, 5.74) is 1.14. The number of pyridine rings is 1. The zero-order valence-corrected chi connectivity index (χ0v) is 14.8. The van der Waals surface area contributed by atoms with E-state index in [-0.39, 0.29) is 11.8 Å². The summed E-state index contributed by atoms with van der Waals surface area (Å²) in [4.78, 5) is 34.0. The molecule has 2 aromatic rings. The van der Waals surface area contributed by atoms with Crippen molar-refractivity contribution < 1.29 is 9.59 Å². The Labute approximate surface area is 153 Å². The van der Waals surface area contributed by atoms with Gasteiger partial charge in [-0.15, -0.1) is 0 Å². The van der Waals surface area contributed by atoms with Gasteiger partial charge in [-0.25, -0.2) is 0 Å². The second-order valence-electron chi connectivity index (χ2n) is 7.24. The Bertz CT molecular complexity index is 789. The number of hydrogen-bond donors (Lipinski definition) is 0. The van der Waals surface area contributed by atoms with E-state index in [4.69, 9.17) is 0 Å². The molecular formula is C21H23N3O2. The minimum absolute atomic E-state index is 0.00360. The smallest absolute Gasteiger partial charge is 0.253 e. The van der Waals surface area contributed by atoms with Crippen molar-refractivity contribution in [1.82, 2.24) is 9.88 Å². The fourth-order valence-electron chi connectivity index (χ4n) is 4.29. The van der Waals surface area contributed by atoms with Crippen molar-refractivity contribution in [3.8, 4) is 0 Å². The molecule has 1 aromatic heterocycles. The molecule has 1 aromatic carbocycles. The van der Waals surface area contributed by atoms with Crippen LogP contribution in [-0.4, -0.2) is 41.3 Å². The summed E-state index contributed by atoms with van der Waals surface area (Å²) in [5.74, 6) is 0.165. The fourth-order valence-corrected chi connectivity index (χ4v) is 4.29. The summed E-state index contributed by atoms with van der Waals surface area (Å²) in [5, 5.41) is 0. The van der Waals surface area contributed by atoms with Crippen molar-refractivity contribution in [2.75, 3.05) is 24.5 Å². The number of likely N-dealkylation sites (tertiary alicyclic amines) is 1. The first-order valence-corrected chi connectivity index (χ1v) is 9.26. The second kappa shape index (κ2) is 6.90. The average molecular weight is 349 g/mol. The van der Waals surface area contributed by atoms with Gasteiger partial charge < -0.3 is 9.80 Å². The van der Waals surface area contributed by atoms with E-state index >= 15 is 0 Å². The number of benzene rings is 1. The standard InChI is InChI=1S/C21H23N3O2/c25-19(17-8-12-22-13-9-17)23-14-4-10-21(16-23)11-5-15-24(20(21)26)18-6-2-1-3-7-18/h1-3,6-9,12-13H,4-5,10-11,14-16H2. The predicted molar refractivity (Wildman–Crippen MR) is 99.8 cm³/mol. The Hall–Kier alpha value is -2.69. The molecule has 2 amide bonds. The Balaban J connectivity index is 1.57. The molecule has 1 atom stereocenters. The summed E-state index contributed by atoms with van der Waals surface area (Å²) in [6, 6.07) is 13.3. The maximum absolute atomic E-state index is 13.4. The van der Waals surface area contributed by atoms with Crippen LogP contribution >= 0.6 is 0 Å². The highest BCUT2D eigenvalue weighted by Gasteiger charge is 2.47. The third-order valence-electron chi connectivity index (χ3n) is 5.60. The van der Waals surface area contributed by atoms with Crippen LogP contribution in [0.5, 0.6) is 0 Å². The van der Waals surface area contributed by atoms with Crippen molar-refractivity contribution in [2.24, 2.45) is 5.41 Å². The van der Waals surface area contributed by atoms with Crippen molar-refractivity contribution in [1.29, 1.82) is 0 Å². The quantitative estimate of drug-likeness (QED) is 0.837. The number of hydrogen-bond acceptors (Lipinski definition) is 3. The van der Waals surface area contributed by atoms with E-state index in [2.05, 4.69) is 4.98 Å². The van der Waals surface area contributed by atoms with Crippen LogP contribution in [0.15, 0.2) is 54.9 Å². The van der Waals surface area contributed by atoms with E-state index in [0.717, 1.165) is 37.9 Å². The molecule has 0 aliphatic carbocycles. The minimum Gasteiger partial charge on any atom is -0.338 e. The highest BCUT2D eigenvalue weighted by molar-refractivity contribution is 6.00. The molecule has 2 fully saturated rings. The van der Waals surface area contributed by atoms with E-state index in [9.17, 15) is 9.59 Å². The molecule has 3 heterocycles. The monoisotopic (exact) mass is 349 g/mol. The Morgan fingerprint density at radius 3 is 2.38 bits per heavy atom. The molecule has 0 N–H and O–H groups in total. The van der Waals surface area contributed by atoms with Gasteiger partial charge in [-0.3, -0.25) is 14.6 Å². The van der Waals surface area contributed by atoms with Gasteiger partial charge in [0.15, 0.2) is 0 Å². The maximum atomic E-state index is 13.4. The van der Waals surface area contributed by atoms with Crippen molar-refractivity contribution in [2.45, 2.75) is 25.7 Å². The first-order valence-electron chi connectivity index (χ1n) is 9.26. The molecule has 2 aliphatic rings. The second-order valence-corrected chi connectivity index (χ2v) is 7.24.